The second-order valence-corrected chi connectivity index (χ2v) is 5.01. The number of hydrogen-bond donors (Lipinski definition) is 2. The molecule has 0 radical (unpaired) electrons. The molecular weight excluding hydrogens is 309 g/mol. The molecule has 1 amide bonds. The fourth-order valence-corrected chi connectivity index (χ4v) is 2.21. The van der Waals surface area contributed by atoms with Gasteiger partial charge in [0.1, 0.15) is 11.6 Å². The first kappa shape index (κ1) is 16.3. The molecule has 2 aromatic carbocycles. The molecule has 2 N–H and O–H groups in total. The molecule has 0 fully saturated rings. The number of amides is 1. The van der Waals surface area contributed by atoms with E-state index in [-0.39, 0.29) is 17.1 Å². The van der Waals surface area contributed by atoms with Gasteiger partial charge in [-0.2, -0.15) is 0 Å². The number of nitrogens with one attached hydrogen (secondary N) is 1. The summed E-state index contributed by atoms with van der Waals surface area (Å²) in [6, 6.07) is 10.8. The van der Waals surface area contributed by atoms with Gasteiger partial charge >= 0.3 is 0 Å². The summed E-state index contributed by atoms with van der Waals surface area (Å²) in [7, 11) is 1.52. The van der Waals surface area contributed by atoms with Gasteiger partial charge in [0.2, 0.25) is 0 Å². The van der Waals surface area contributed by atoms with Crippen molar-refractivity contribution in [2.24, 2.45) is 0 Å². The maximum absolute atomic E-state index is 13.6. The van der Waals surface area contributed by atoms with E-state index in [1.807, 2.05) is 0 Å². The molecule has 0 spiro atoms. The highest BCUT2D eigenvalue weighted by atomic mass is 35.5. The standard InChI is InChI=1S/C16H15ClFNO3/c1-22-11-5-2-4-10(8-11)14(20)9-19-16(21)15-12(17)6-3-7-13(15)18/h2-8,14,20H,9H2,1H3,(H,19,21)/t14-/m1/s1. The normalized spacial score (nSPS) is 11.8. The van der Waals surface area contributed by atoms with Gasteiger partial charge in [-0.3, -0.25) is 4.79 Å². The van der Waals surface area contributed by atoms with Gasteiger partial charge < -0.3 is 15.2 Å². The third-order valence-corrected chi connectivity index (χ3v) is 3.44. The van der Waals surface area contributed by atoms with Crippen LogP contribution in [0.5, 0.6) is 5.75 Å². The number of ether oxygens (including phenoxy) is 1. The van der Waals surface area contributed by atoms with Gasteiger partial charge in [0, 0.05) is 6.54 Å². The smallest absolute Gasteiger partial charge is 0.255 e. The first-order chi connectivity index (χ1) is 10.5. The van der Waals surface area contributed by atoms with Crippen molar-refractivity contribution in [2.45, 2.75) is 6.10 Å². The summed E-state index contributed by atoms with van der Waals surface area (Å²) in [5.74, 6) is -0.786. The zero-order valence-electron chi connectivity index (χ0n) is 11.8. The lowest BCUT2D eigenvalue weighted by Crippen LogP contribution is -2.29. The number of aliphatic hydroxyl groups is 1. The van der Waals surface area contributed by atoms with Crippen LogP contribution < -0.4 is 10.1 Å². The molecule has 0 aliphatic carbocycles. The number of rotatable bonds is 5. The van der Waals surface area contributed by atoms with Crippen LogP contribution in [-0.4, -0.2) is 24.7 Å². The minimum absolute atomic E-state index is 0.0216. The van der Waals surface area contributed by atoms with Crippen molar-refractivity contribution in [3.63, 3.8) is 0 Å². The van der Waals surface area contributed by atoms with Gasteiger partial charge in [0.25, 0.3) is 5.91 Å². The summed E-state index contributed by atoms with van der Waals surface area (Å²) >= 11 is 5.82. The molecule has 2 rings (SSSR count). The van der Waals surface area contributed by atoms with E-state index in [0.717, 1.165) is 6.07 Å². The Bertz CT molecular complexity index is 658. The molecule has 0 aromatic heterocycles. The molecular formula is C16H15ClFNO3. The average Bonchev–Trinajstić information content (AvgIpc) is 2.52. The Hall–Kier alpha value is -2.11. The fraction of sp³-hybridized carbons (Fsp3) is 0.188. The molecule has 2 aromatic rings. The third-order valence-electron chi connectivity index (χ3n) is 3.12. The number of benzene rings is 2. The van der Waals surface area contributed by atoms with Crippen LogP contribution in [0.15, 0.2) is 42.5 Å². The predicted octanol–water partition coefficient (Wildman–Crippen LogP) is 2.95. The van der Waals surface area contributed by atoms with E-state index < -0.39 is 17.8 Å². The highest BCUT2D eigenvalue weighted by Crippen LogP contribution is 2.20. The summed E-state index contributed by atoms with van der Waals surface area (Å²) in [6.07, 6.45) is -0.940. The second-order valence-electron chi connectivity index (χ2n) is 4.60. The van der Waals surface area contributed by atoms with Crippen LogP contribution in [0.2, 0.25) is 5.02 Å². The van der Waals surface area contributed by atoms with Crippen molar-refractivity contribution in [1.82, 2.24) is 5.32 Å². The first-order valence-electron chi connectivity index (χ1n) is 6.57. The zero-order valence-corrected chi connectivity index (χ0v) is 12.6. The highest BCUT2D eigenvalue weighted by molar-refractivity contribution is 6.33. The Kier molecular flexibility index (Phi) is 5.35. The van der Waals surface area contributed by atoms with Crippen LogP contribution >= 0.6 is 11.6 Å². The molecule has 0 aliphatic rings. The largest absolute Gasteiger partial charge is 0.497 e. The number of aliphatic hydroxyl groups excluding tert-OH is 1. The summed E-state index contributed by atoms with van der Waals surface area (Å²) in [6.45, 7) is -0.0728. The van der Waals surface area contributed by atoms with Crippen molar-refractivity contribution >= 4 is 17.5 Å². The van der Waals surface area contributed by atoms with Gasteiger partial charge in [0.05, 0.1) is 23.8 Å². The number of methoxy groups -OCH3 is 1. The van der Waals surface area contributed by atoms with E-state index in [2.05, 4.69) is 5.32 Å². The van der Waals surface area contributed by atoms with E-state index >= 15 is 0 Å². The molecule has 0 saturated heterocycles. The lowest BCUT2D eigenvalue weighted by Gasteiger charge is -2.14. The lowest BCUT2D eigenvalue weighted by atomic mass is 10.1. The molecule has 116 valence electrons. The Labute approximate surface area is 132 Å². The maximum Gasteiger partial charge on any atom is 0.255 e. The number of carbonyl (C=O) groups is 1. The minimum atomic E-state index is -0.940. The Morgan fingerprint density at radius 3 is 2.77 bits per heavy atom. The predicted molar refractivity (Wildman–Crippen MR) is 81.7 cm³/mol. The van der Waals surface area contributed by atoms with Crippen molar-refractivity contribution < 1.29 is 19.0 Å². The van der Waals surface area contributed by atoms with E-state index in [0.29, 0.717) is 11.3 Å². The zero-order chi connectivity index (χ0) is 16.1. The number of carbonyl (C=O) groups excluding carboxylic acids is 1. The van der Waals surface area contributed by atoms with Crippen LogP contribution in [0.4, 0.5) is 4.39 Å². The molecule has 0 unspecified atom stereocenters. The van der Waals surface area contributed by atoms with Crippen molar-refractivity contribution in [1.29, 1.82) is 0 Å². The Morgan fingerprint density at radius 2 is 2.09 bits per heavy atom. The summed E-state index contributed by atoms with van der Waals surface area (Å²) in [5.41, 5.74) is 0.348. The summed E-state index contributed by atoms with van der Waals surface area (Å²) in [4.78, 5) is 12.0. The van der Waals surface area contributed by atoms with Gasteiger partial charge in [-0.05, 0) is 29.8 Å². The van der Waals surface area contributed by atoms with Crippen LogP contribution in [0.3, 0.4) is 0 Å². The SMILES string of the molecule is COc1cccc([C@H](O)CNC(=O)c2c(F)cccc2Cl)c1. The Morgan fingerprint density at radius 1 is 1.36 bits per heavy atom. The molecule has 4 nitrogen and oxygen atoms in total. The topological polar surface area (TPSA) is 58.6 Å². The van der Waals surface area contributed by atoms with Crippen molar-refractivity contribution in [2.75, 3.05) is 13.7 Å². The quantitative estimate of drug-likeness (QED) is 0.889. The number of halogens is 2. The molecule has 22 heavy (non-hydrogen) atoms. The van der Waals surface area contributed by atoms with Gasteiger partial charge in [-0.15, -0.1) is 0 Å². The number of hydrogen-bond acceptors (Lipinski definition) is 3. The maximum atomic E-state index is 13.6. The molecule has 1 atom stereocenters. The Balaban J connectivity index is 2.04. The van der Waals surface area contributed by atoms with Crippen LogP contribution in [0.1, 0.15) is 22.0 Å². The lowest BCUT2D eigenvalue weighted by molar-refractivity contribution is 0.0912. The van der Waals surface area contributed by atoms with E-state index in [4.69, 9.17) is 16.3 Å². The van der Waals surface area contributed by atoms with Crippen molar-refractivity contribution in [3.8, 4) is 5.75 Å². The van der Waals surface area contributed by atoms with Crippen LogP contribution in [0, 0.1) is 5.82 Å². The van der Waals surface area contributed by atoms with E-state index in [9.17, 15) is 14.3 Å². The van der Waals surface area contributed by atoms with Crippen molar-refractivity contribution in [3.05, 3.63) is 64.4 Å². The molecule has 6 heteroatoms. The molecule has 0 aliphatic heterocycles. The van der Waals surface area contributed by atoms with E-state index in [1.54, 1.807) is 24.3 Å². The third kappa shape index (κ3) is 3.75. The highest BCUT2D eigenvalue weighted by Gasteiger charge is 2.17. The van der Waals surface area contributed by atoms with Gasteiger partial charge in [-0.1, -0.05) is 29.8 Å². The van der Waals surface area contributed by atoms with E-state index in [1.165, 1.54) is 19.2 Å². The van der Waals surface area contributed by atoms with Gasteiger partial charge in [0.15, 0.2) is 0 Å². The average molecular weight is 324 g/mol. The molecule has 0 heterocycles. The van der Waals surface area contributed by atoms with Crippen LogP contribution in [0.25, 0.3) is 0 Å². The summed E-state index contributed by atoms with van der Waals surface area (Å²) < 4.78 is 18.7. The summed E-state index contributed by atoms with van der Waals surface area (Å²) in [5, 5.41) is 12.6. The second kappa shape index (κ2) is 7.24. The molecule has 0 bridgehead atoms. The monoisotopic (exact) mass is 323 g/mol. The first-order valence-corrected chi connectivity index (χ1v) is 6.95. The minimum Gasteiger partial charge on any atom is -0.497 e. The van der Waals surface area contributed by atoms with Gasteiger partial charge in [-0.25, -0.2) is 4.39 Å². The van der Waals surface area contributed by atoms with Crippen LogP contribution in [-0.2, 0) is 0 Å². The molecule has 0 saturated carbocycles. The fourth-order valence-electron chi connectivity index (χ4n) is 1.96.